The number of benzene rings is 6. The number of fused-ring (bicyclic) bond motifs is 8. The van der Waals surface area contributed by atoms with Gasteiger partial charge in [-0.05, 0) is 46.5 Å². The van der Waals surface area contributed by atoms with Gasteiger partial charge in [0.05, 0.1) is 0 Å². The van der Waals surface area contributed by atoms with Gasteiger partial charge in [-0.2, -0.15) is 0 Å². The maximum absolute atomic E-state index is 14.3. The van der Waals surface area contributed by atoms with E-state index in [2.05, 4.69) is 98.8 Å². The average molecular weight is 555 g/mol. The molecule has 0 saturated heterocycles. The van der Waals surface area contributed by atoms with E-state index in [9.17, 15) is 4.79 Å². The minimum atomic E-state index is -0.341. The molecule has 0 N–H and O–H groups in total. The molecule has 0 saturated carbocycles. The number of ketones is 1. The van der Waals surface area contributed by atoms with Gasteiger partial charge in [0.2, 0.25) is 0 Å². The molecule has 0 amide bonds. The van der Waals surface area contributed by atoms with Crippen LogP contribution in [-0.4, -0.2) is 5.78 Å². The molecule has 3 heteroatoms. The second kappa shape index (κ2) is 8.56. The predicted octanol–water partition coefficient (Wildman–Crippen LogP) is 10.7. The predicted molar refractivity (Wildman–Crippen MR) is 174 cm³/mol. The quantitative estimate of drug-likeness (QED) is 0.213. The van der Waals surface area contributed by atoms with Crippen LogP contribution in [0.1, 0.15) is 40.9 Å². The van der Waals surface area contributed by atoms with Gasteiger partial charge in [-0.1, -0.05) is 111 Å². The van der Waals surface area contributed by atoms with Crippen LogP contribution in [0.25, 0.3) is 66.1 Å². The number of furan rings is 2. The Kier molecular flexibility index (Phi) is 4.82. The van der Waals surface area contributed by atoms with Crippen LogP contribution in [0.2, 0.25) is 0 Å². The van der Waals surface area contributed by atoms with Crippen molar-refractivity contribution in [1.29, 1.82) is 0 Å². The first-order valence-electron chi connectivity index (χ1n) is 14.6. The third-order valence-electron chi connectivity index (χ3n) is 9.31. The molecular formula is C40H26O3. The molecule has 0 unspecified atom stereocenters. The third kappa shape index (κ3) is 3.33. The number of rotatable bonds is 2. The SMILES string of the molecule is CC1(C)c2ccc(-c3cccc4c3oc3ccccc34)cc2C(=O)c2cc(-c3cccc4c3oc3ccccc34)ccc21. The summed E-state index contributed by atoms with van der Waals surface area (Å²) < 4.78 is 12.7. The van der Waals surface area contributed by atoms with Crippen molar-refractivity contribution < 1.29 is 13.6 Å². The van der Waals surface area contributed by atoms with Crippen LogP contribution in [0.3, 0.4) is 0 Å². The van der Waals surface area contributed by atoms with Crippen LogP contribution in [0, 0.1) is 0 Å². The zero-order valence-corrected chi connectivity index (χ0v) is 23.8. The molecule has 9 rings (SSSR count). The second-order valence-corrected chi connectivity index (χ2v) is 12.0. The highest BCUT2D eigenvalue weighted by Crippen LogP contribution is 2.45. The summed E-state index contributed by atoms with van der Waals surface area (Å²) in [6, 6.07) is 41.3. The van der Waals surface area contributed by atoms with Gasteiger partial charge in [-0.3, -0.25) is 4.79 Å². The Hall–Kier alpha value is -5.41. The molecule has 2 heterocycles. The molecule has 43 heavy (non-hydrogen) atoms. The number of hydrogen-bond donors (Lipinski definition) is 0. The van der Waals surface area contributed by atoms with Crippen molar-refractivity contribution in [3.05, 3.63) is 144 Å². The van der Waals surface area contributed by atoms with Crippen molar-refractivity contribution in [2.24, 2.45) is 0 Å². The molecule has 0 fully saturated rings. The molecule has 1 aliphatic carbocycles. The lowest BCUT2D eigenvalue weighted by molar-refractivity contribution is 0.103. The average Bonchev–Trinajstić information content (AvgIpc) is 3.62. The van der Waals surface area contributed by atoms with Crippen LogP contribution in [0.4, 0.5) is 0 Å². The van der Waals surface area contributed by atoms with E-state index in [0.29, 0.717) is 0 Å². The van der Waals surface area contributed by atoms with E-state index in [1.165, 1.54) is 0 Å². The van der Waals surface area contributed by atoms with Gasteiger partial charge in [0.15, 0.2) is 5.78 Å². The van der Waals surface area contributed by atoms with Crippen LogP contribution in [-0.2, 0) is 5.41 Å². The summed E-state index contributed by atoms with van der Waals surface area (Å²) in [5.41, 5.74) is 10.5. The van der Waals surface area contributed by atoms with E-state index in [0.717, 1.165) is 88.4 Å². The van der Waals surface area contributed by atoms with Crippen LogP contribution in [0.5, 0.6) is 0 Å². The highest BCUT2D eigenvalue weighted by Gasteiger charge is 2.37. The third-order valence-corrected chi connectivity index (χ3v) is 9.31. The molecule has 0 aliphatic heterocycles. The maximum Gasteiger partial charge on any atom is 0.193 e. The van der Waals surface area contributed by atoms with E-state index in [-0.39, 0.29) is 11.2 Å². The lowest BCUT2D eigenvalue weighted by atomic mass is 9.67. The largest absolute Gasteiger partial charge is 0.455 e. The van der Waals surface area contributed by atoms with Gasteiger partial charge >= 0.3 is 0 Å². The molecule has 0 radical (unpaired) electrons. The minimum Gasteiger partial charge on any atom is -0.455 e. The fourth-order valence-corrected chi connectivity index (χ4v) is 7.13. The van der Waals surface area contributed by atoms with E-state index in [1.54, 1.807) is 0 Å². The lowest BCUT2D eigenvalue weighted by Gasteiger charge is -2.34. The summed E-state index contributed by atoms with van der Waals surface area (Å²) >= 11 is 0. The van der Waals surface area contributed by atoms with Gasteiger partial charge in [0.25, 0.3) is 0 Å². The summed E-state index contributed by atoms with van der Waals surface area (Å²) in [5.74, 6) is 0.0431. The first-order chi connectivity index (χ1) is 21.0. The molecule has 0 atom stereocenters. The molecular weight excluding hydrogens is 528 g/mol. The van der Waals surface area contributed by atoms with Crippen molar-refractivity contribution >= 4 is 49.7 Å². The highest BCUT2D eigenvalue weighted by molar-refractivity contribution is 6.16. The highest BCUT2D eigenvalue weighted by atomic mass is 16.3. The number of carbonyl (C=O) groups excluding carboxylic acids is 1. The van der Waals surface area contributed by atoms with E-state index in [4.69, 9.17) is 8.83 Å². The Balaban J connectivity index is 1.21. The zero-order valence-electron chi connectivity index (χ0n) is 23.8. The van der Waals surface area contributed by atoms with Gasteiger partial charge in [-0.25, -0.2) is 0 Å². The number of carbonyl (C=O) groups is 1. The molecule has 0 spiro atoms. The first kappa shape index (κ1) is 24.2. The first-order valence-corrected chi connectivity index (χ1v) is 14.6. The summed E-state index contributed by atoms with van der Waals surface area (Å²) in [7, 11) is 0. The molecule has 2 aromatic heterocycles. The monoisotopic (exact) mass is 554 g/mol. The summed E-state index contributed by atoms with van der Waals surface area (Å²) in [6.45, 7) is 4.41. The number of para-hydroxylation sites is 4. The fraction of sp³-hybridized carbons (Fsp3) is 0.0750. The summed E-state index contributed by atoms with van der Waals surface area (Å²) in [4.78, 5) is 14.3. The van der Waals surface area contributed by atoms with Gasteiger partial charge in [-0.15, -0.1) is 0 Å². The molecule has 204 valence electrons. The van der Waals surface area contributed by atoms with Gasteiger partial charge in [0, 0.05) is 49.2 Å². The van der Waals surface area contributed by atoms with Crippen LogP contribution in [0.15, 0.2) is 130 Å². The van der Waals surface area contributed by atoms with Crippen LogP contribution >= 0.6 is 0 Å². The Morgan fingerprint density at radius 2 is 0.907 bits per heavy atom. The minimum absolute atomic E-state index is 0.0431. The Morgan fingerprint density at radius 1 is 0.465 bits per heavy atom. The molecule has 6 aromatic carbocycles. The zero-order chi connectivity index (χ0) is 28.9. The Morgan fingerprint density at radius 3 is 1.40 bits per heavy atom. The molecule has 1 aliphatic rings. The molecule has 3 nitrogen and oxygen atoms in total. The number of hydrogen-bond acceptors (Lipinski definition) is 3. The lowest BCUT2D eigenvalue weighted by Crippen LogP contribution is -2.30. The van der Waals surface area contributed by atoms with Crippen molar-refractivity contribution in [2.75, 3.05) is 0 Å². The van der Waals surface area contributed by atoms with Crippen molar-refractivity contribution in [3.63, 3.8) is 0 Å². The van der Waals surface area contributed by atoms with Gasteiger partial charge < -0.3 is 8.83 Å². The van der Waals surface area contributed by atoms with Crippen LogP contribution < -0.4 is 0 Å². The second-order valence-electron chi connectivity index (χ2n) is 12.0. The van der Waals surface area contributed by atoms with E-state index < -0.39 is 0 Å². The standard InChI is InChI=1S/C40H26O3/c1-40(2)33-19-17-23(25-11-7-13-29-27-9-3-5-15-35(27)42-38(25)29)21-31(33)37(41)32-22-24(18-20-34(32)40)26-12-8-14-30-28-10-4-6-16-36(28)43-39(26)30/h3-22H,1-2H3. The maximum atomic E-state index is 14.3. The smallest absolute Gasteiger partial charge is 0.193 e. The Labute approximate surface area is 248 Å². The molecule has 0 bridgehead atoms. The van der Waals surface area contributed by atoms with Crippen molar-refractivity contribution in [3.8, 4) is 22.3 Å². The van der Waals surface area contributed by atoms with E-state index in [1.807, 2.05) is 36.4 Å². The Bertz CT molecular complexity index is 2280. The normalized spacial score (nSPS) is 14.0. The van der Waals surface area contributed by atoms with E-state index >= 15 is 0 Å². The fourth-order valence-electron chi connectivity index (χ4n) is 7.13. The molecule has 8 aromatic rings. The van der Waals surface area contributed by atoms with Crippen molar-refractivity contribution in [1.82, 2.24) is 0 Å². The summed E-state index contributed by atoms with van der Waals surface area (Å²) in [5, 5.41) is 4.34. The van der Waals surface area contributed by atoms with Gasteiger partial charge in [0.1, 0.15) is 22.3 Å². The summed E-state index contributed by atoms with van der Waals surface area (Å²) in [6.07, 6.45) is 0. The van der Waals surface area contributed by atoms with Crippen molar-refractivity contribution in [2.45, 2.75) is 19.3 Å². The topological polar surface area (TPSA) is 43.4 Å².